The molecule has 5 nitrogen and oxygen atoms in total. The maximum absolute atomic E-state index is 13.7. The molecule has 0 aliphatic carbocycles. The zero-order chi connectivity index (χ0) is 20.5. The number of anilines is 1. The second-order valence-electron chi connectivity index (χ2n) is 6.34. The predicted octanol–water partition coefficient (Wildman–Crippen LogP) is 3.80. The van der Waals surface area contributed by atoms with Gasteiger partial charge >= 0.3 is 0 Å². The van der Waals surface area contributed by atoms with Crippen molar-refractivity contribution in [2.24, 2.45) is 5.92 Å². The highest BCUT2D eigenvalue weighted by molar-refractivity contribution is 7.89. The van der Waals surface area contributed by atoms with Crippen molar-refractivity contribution in [3.63, 3.8) is 0 Å². The molecule has 1 fully saturated rings. The van der Waals surface area contributed by atoms with Crippen LogP contribution in [-0.2, 0) is 14.8 Å². The number of hydrogen-bond acceptors (Lipinski definition) is 3. The van der Waals surface area contributed by atoms with Gasteiger partial charge in [-0.15, -0.1) is 0 Å². The van der Waals surface area contributed by atoms with Crippen LogP contribution in [0.4, 0.5) is 18.9 Å². The van der Waals surface area contributed by atoms with Gasteiger partial charge in [0.2, 0.25) is 15.9 Å². The smallest absolute Gasteiger partial charge is 0.243 e. The highest BCUT2D eigenvalue weighted by Gasteiger charge is 2.32. The monoisotopic (exact) mass is 432 g/mol. The molecule has 1 saturated heterocycles. The fourth-order valence-electron chi connectivity index (χ4n) is 2.98. The van der Waals surface area contributed by atoms with Crippen LogP contribution in [0, 0.1) is 23.4 Å². The van der Waals surface area contributed by atoms with Gasteiger partial charge in [0.05, 0.1) is 15.6 Å². The number of carbonyl (C=O) groups excluding carboxylic acids is 1. The van der Waals surface area contributed by atoms with Crippen LogP contribution in [0.2, 0.25) is 5.02 Å². The molecule has 10 heteroatoms. The first kappa shape index (κ1) is 20.6. The van der Waals surface area contributed by atoms with Crippen molar-refractivity contribution in [3.8, 4) is 0 Å². The van der Waals surface area contributed by atoms with Crippen LogP contribution < -0.4 is 5.32 Å². The lowest BCUT2D eigenvalue weighted by Gasteiger charge is -2.30. The zero-order valence-electron chi connectivity index (χ0n) is 14.5. The number of piperidine rings is 1. The van der Waals surface area contributed by atoms with Crippen LogP contribution in [0.15, 0.2) is 41.3 Å². The molecule has 1 aliphatic rings. The fraction of sp³-hybridized carbons (Fsp3) is 0.278. The molecule has 0 bridgehead atoms. The van der Waals surface area contributed by atoms with E-state index in [-0.39, 0.29) is 41.5 Å². The molecule has 2 aromatic carbocycles. The number of benzene rings is 2. The molecule has 1 aliphatic heterocycles. The zero-order valence-corrected chi connectivity index (χ0v) is 16.0. The summed E-state index contributed by atoms with van der Waals surface area (Å²) in [5.41, 5.74) is -0.263. The van der Waals surface area contributed by atoms with Gasteiger partial charge in [0, 0.05) is 19.0 Å². The summed E-state index contributed by atoms with van der Waals surface area (Å²) in [6.07, 6.45) is 0.411. The number of amides is 1. The average molecular weight is 433 g/mol. The second kappa shape index (κ2) is 8.10. The minimum Gasteiger partial charge on any atom is -0.323 e. The van der Waals surface area contributed by atoms with Gasteiger partial charge in [-0.3, -0.25) is 4.79 Å². The SMILES string of the molecule is O=C(Nc1cccc(F)c1F)C1CCN(S(=O)(=O)c2ccc(F)c(Cl)c2)CC1. The summed E-state index contributed by atoms with van der Waals surface area (Å²) in [4.78, 5) is 12.2. The van der Waals surface area contributed by atoms with Crippen LogP contribution in [-0.4, -0.2) is 31.7 Å². The number of nitrogens with one attached hydrogen (secondary N) is 1. The van der Waals surface area contributed by atoms with Crippen molar-refractivity contribution in [2.75, 3.05) is 18.4 Å². The molecule has 0 saturated carbocycles. The van der Waals surface area contributed by atoms with Gasteiger partial charge in [0.1, 0.15) is 5.82 Å². The number of sulfonamides is 1. The molecule has 0 aromatic heterocycles. The third-order valence-electron chi connectivity index (χ3n) is 4.56. The van der Waals surface area contributed by atoms with Crippen LogP contribution >= 0.6 is 11.6 Å². The van der Waals surface area contributed by atoms with Crippen molar-refractivity contribution in [1.29, 1.82) is 0 Å². The van der Waals surface area contributed by atoms with Gasteiger partial charge in [-0.05, 0) is 43.2 Å². The van der Waals surface area contributed by atoms with Crippen LogP contribution in [0.25, 0.3) is 0 Å². The molecule has 0 spiro atoms. The largest absolute Gasteiger partial charge is 0.323 e. The molecule has 0 unspecified atom stereocenters. The molecule has 0 radical (unpaired) electrons. The van der Waals surface area contributed by atoms with E-state index in [2.05, 4.69) is 5.32 Å². The number of nitrogens with zero attached hydrogens (tertiary/aromatic N) is 1. The maximum atomic E-state index is 13.7. The Morgan fingerprint density at radius 3 is 2.39 bits per heavy atom. The van der Waals surface area contributed by atoms with E-state index in [9.17, 15) is 26.4 Å². The van der Waals surface area contributed by atoms with Gasteiger partial charge in [0.15, 0.2) is 11.6 Å². The molecule has 0 atom stereocenters. The Morgan fingerprint density at radius 1 is 1.07 bits per heavy atom. The molecule has 1 amide bonds. The Balaban J connectivity index is 1.65. The van der Waals surface area contributed by atoms with E-state index in [4.69, 9.17) is 11.6 Å². The Hall–Kier alpha value is -2.10. The van der Waals surface area contributed by atoms with Crippen LogP contribution in [0.3, 0.4) is 0 Å². The van der Waals surface area contributed by atoms with Crippen LogP contribution in [0.5, 0.6) is 0 Å². The Kier molecular flexibility index (Phi) is 5.97. The second-order valence-corrected chi connectivity index (χ2v) is 8.69. The van der Waals surface area contributed by atoms with E-state index >= 15 is 0 Å². The van der Waals surface area contributed by atoms with Gasteiger partial charge < -0.3 is 5.32 Å². The molecule has 150 valence electrons. The Bertz CT molecular complexity index is 1010. The summed E-state index contributed by atoms with van der Waals surface area (Å²) < 4.78 is 66.7. The van der Waals surface area contributed by atoms with Crippen molar-refractivity contribution in [3.05, 3.63) is 58.9 Å². The van der Waals surface area contributed by atoms with E-state index in [1.54, 1.807) is 0 Å². The van der Waals surface area contributed by atoms with E-state index in [0.717, 1.165) is 24.3 Å². The van der Waals surface area contributed by atoms with Gasteiger partial charge in [0.25, 0.3) is 0 Å². The van der Waals surface area contributed by atoms with Crippen molar-refractivity contribution >= 4 is 33.2 Å². The third-order valence-corrected chi connectivity index (χ3v) is 6.75. The minimum absolute atomic E-state index is 0.0566. The normalized spacial score (nSPS) is 16.1. The summed E-state index contributed by atoms with van der Waals surface area (Å²) in [6.45, 7) is 0.113. The standard InChI is InChI=1S/C18H16ClF3N2O3S/c19-13-10-12(4-5-14(13)20)28(26,27)24-8-6-11(7-9-24)18(25)23-16-3-1-2-15(21)17(16)22/h1-5,10-11H,6-9H2,(H,23,25). The molecule has 3 rings (SSSR count). The molecule has 1 heterocycles. The van der Waals surface area contributed by atoms with E-state index in [1.165, 1.54) is 16.4 Å². The molecule has 28 heavy (non-hydrogen) atoms. The summed E-state index contributed by atoms with van der Waals surface area (Å²) >= 11 is 5.66. The van der Waals surface area contributed by atoms with E-state index < -0.39 is 39.3 Å². The fourth-order valence-corrected chi connectivity index (χ4v) is 4.72. The molecule has 2 aromatic rings. The lowest BCUT2D eigenvalue weighted by Crippen LogP contribution is -2.41. The highest BCUT2D eigenvalue weighted by atomic mass is 35.5. The number of carbonyl (C=O) groups is 1. The first-order chi connectivity index (χ1) is 13.2. The maximum Gasteiger partial charge on any atom is 0.243 e. The van der Waals surface area contributed by atoms with E-state index in [0.29, 0.717) is 0 Å². The van der Waals surface area contributed by atoms with Crippen molar-refractivity contribution in [2.45, 2.75) is 17.7 Å². The van der Waals surface area contributed by atoms with Crippen molar-refractivity contribution in [1.82, 2.24) is 4.31 Å². The lowest BCUT2D eigenvalue weighted by atomic mass is 9.97. The summed E-state index contributed by atoms with van der Waals surface area (Å²) in [6, 6.07) is 6.60. The Labute approximate surface area is 165 Å². The summed E-state index contributed by atoms with van der Waals surface area (Å²) in [7, 11) is -3.88. The predicted molar refractivity (Wildman–Crippen MR) is 97.9 cm³/mol. The van der Waals surface area contributed by atoms with Gasteiger partial charge in [-0.1, -0.05) is 17.7 Å². The van der Waals surface area contributed by atoms with Gasteiger partial charge in [-0.2, -0.15) is 4.31 Å². The quantitative estimate of drug-likeness (QED) is 0.799. The molecular weight excluding hydrogens is 417 g/mol. The third kappa shape index (κ3) is 4.16. The van der Waals surface area contributed by atoms with E-state index in [1.807, 2.05) is 0 Å². The van der Waals surface area contributed by atoms with Crippen LogP contribution in [0.1, 0.15) is 12.8 Å². The summed E-state index contributed by atoms with van der Waals surface area (Å²) in [5, 5.41) is 2.04. The highest BCUT2D eigenvalue weighted by Crippen LogP contribution is 2.27. The average Bonchev–Trinajstić information content (AvgIpc) is 2.67. The number of rotatable bonds is 4. The Morgan fingerprint density at radius 2 is 1.75 bits per heavy atom. The number of hydrogen-bond donors (Lipinski definition) is 1. The lowest BCUT2D eigenvalue weighted by molar-refractivity contribution is -0.120. The first-order valence-corrected chi connectivity index (χ1v) is 10.2. The number of halogens is 4. The topological polar surface area (TPSA) is 66.5 Å². The van der Waals surface area contributed by atoms with Gasteiger partial charge in [-0.25, -0.2) is 21.6 Å². The minimum atomic E-state index is -3.88. The van der Waals surface area contributed by atoms with Crippen molar-refractivity contribution < 1.29 is 26.4 Å². The molecule has 1 N–H and O–H groups in total. The molecular formula is C18H16ClF3N2O3S. The first-order valence-electron chi connectivity index (χ1n) is 8.40. The summed E-state index contributed by atoms with van der Waals surface area (Å²) in [5.74, 6) is -4.00.